The summed E-state index contributed by atoms with van der Waals surface area (Å²) in [5, 5.41) is 17.3. The monoisotopic (exact) mass is 342 g/mol. The van der Waals surface area contributed by atoms with Gasteiger partial charge in [0.2, 0.25) is 0 Å². The molecule has 24 heavy (non-hydrogen) atoms. The average molecular weight is 343 g/mol. The quantitative estimate of drug-likeness (QED) is 0.763. The van der Waals surface area contributed by atoms with Crippen LogP contribution < -0.4 is 10.6 Å². The molecule has 0 radical (unpaired) electrons. The smallest absolute Gasteiger partial charge is 0.319 e. The van der Waals surface area contributed by atoms with Crippen molar-refractivity contribution in [3.05, 3.63) is 64.9 Å². The molecule has 2 aromatic carbocycles. The number of nitrogens with one attached hydrogen (secondary N) is 2. The summed E-state index contributed by atoms with van der Waals surface area (Å²) in [5.74, 6) is 0. The van der Waals surface area contributed by atoms with E-state index < -0.39 is 0 Å². The van der Waals surface area contributed by atoms with Crippen LogP contribution in [0, 0.1) is 6.92 Å². The Bertz CT molecular complexity index is 850. The fourth-order valence-corrected chi connectivity index (χ4v) is 2.35. The van der Waals surface area contributed by atoms with E-state index in [-0.39, 0.29) is 6.03 Å². The molecule has 2 N–H and O–H groups in total. The highest BCUT2D eigenvalue weighted by atomic mass is 35.5. The summed E-state index contributed by atoms with van der Waals surface area (Å²) >= 11 is 6.08. The van der Waals surface area contributed by atoms with Crippen LogP contribution in [0.1, 0.15) is 11.1 Å². The summed E-state index contributed by atoms with van der Waals surface area (Å²) in [4.78, 5) is 12.1. The number of rotatable bonds is 4. The summed E-state index contributed by atoms with van der Waals surface area (Å²) in [7, 11) is 0. The molecule has 0 aliphatic heterocycles. The van der Waals surface area contributed by atoms with Crippen molar-refractivity contribution in [1.29, 1.82) is 0 Å². The lowest BCUT2D eigenvalue weighted by atomic mass is 10.2. The number of carbonyl (C=O) groups is 1. The number of tetrazole rings is 1. The molecule has 0 unspecified atom stereocenters. The molecule has 0 spiro atoms. The summed E-state index contributed by atoms with van der Waals surface area (Å²) in [6.45, 7) is 2.25. The highest BCUT2D eigenvalue weighted by molar-refractivity contribution is 6.31. The van der Waals surface area contributed by atoms with Crippen LogP contribution in [-0.4, -0.2) is 26.2 Å². The van der Waals surface area contributed by atoms with E-state index >= 15 is 0 Å². The van der Waals surface area contributed by atoms with Crippen molar-refractivity contribution in [2.75, 3.05) is 5.32 Å². The van der Waals surface area contributed by atoms with Gasteiger partial charge in [0.25, 0.3) is 0 Å². The second kappa shape index (κ2) is 7.10. The molecule has 0 saturated carbocycles. The molecule has 8 heteroatoms. The Morgan fingerprint density at radius 3 is 2.83 bits per heavy atom. The Hall–Kier alpha value is -2.93. The van der Waals surface area contributed by atoms with Crippen LogP contribution in [0.15, 0.2) is 48.8 Å². The lowest BCUT2D eigenvalue weighted by molar-refractivity contribution is 0.251. The van der Waals surface area contributed by atoms with Gasteiger partial charge >= 0.3 is 6.03 Å². The number of aromatic nitrogens is 4. The van der Waals surface area contributed by atoms with Gasteiger partial charge in [-0.2, -0.15) is 0 Å². The second-order valence-electron chi connectivity index (χ2n) is 5.15. The predicted octanol–water partition coefficient (Wildman–Crippen LogP) is 2.95. The topological polar surface area (TPSA) is 84.7 Å². The van der Waals surface area contributed by atoms with E-state index in [0.29, 0.717) is 17.3 Å². The van der Waals surface area contributed by atoms with E-state index in [0.717, 1.165) is 16.8 Å². The Morgan fingerprint density at radius 2 is 2.08 bits per heavy atom. The van der Waals surface area contributed by atoms with Crippen LogP contribution in [0.2, 0.25) is 5.02 Å². The third-order valence-corrected chi connectivity index (χ3v) is 3.85. The minimum Gasteiger partial charge on any atom is -0.334 e. The first-order valence-electron chi connectivity index (χ1n) is 7.26. The van der Waals surface area contributed by atoms with Gasteiger partial charge in [-0.05, 0) is 46.7 Å². The van der Waals surface area contributed by atoms with E-state index in [1.165, 1.54) is 11.0 Å². The Morgan fingerprint density at radius 1 is 1.25 bits per heavy atom. The van der Waals surface area contributed by atoms with E-state index in [1.54, 1.807) is 12.1 Å². The van der Waals surface area contributed by atoms with Gasteiger partial charge in [0, 0.05) is 17.3 Å². The van der Waals surface area contributed by atoms with E-state index in [9.17, 15) is 4.79 Å². The van der Waals surface area contributed by atoms with Crippen molar-refractivity contribution < 1.29 is 4.79 Å². The van der Waals surface area contributed by atoms with Crippen LogP contribution >= 0.6 is 11.6 Å². The largest absolute Gasteiger partial charge is 0.334 e. The Balaban J connectivity index is 1.68. The molecule has 2 amide bonds. The minimum absolute atomic E-state index is 0.313. The lowest BCUT2D eigenvalue weighted by Gasteiger charge is -2.12. The number of carbonyl (C=O) groups excluding carboxylic acids is 1. The van der Waals surface area contributed by atoms with E-state index in [2.05, 4.69) is 26.2 Å². The average Bonchev–Trinajstić information content (AvgIpc) is 3.11. The Labute approximate surface area is 143 Å². The second-order valence-corrected chi connectivity index (χ2v) is 5.56. The van der Waals surface area contributed by atoms with Crippen molar-refractivity contribution in [3.63, 3.8) is 0 Å². The molecule has 1 heterocycles. The maximum Gasteiger partial charge on any atom is 0.319 e. The minimum atomic E-state index is -0.313. The highest BCUT2D eigenvalue weighted by Crippen LogP contribution is 2.19. The normalized spacial score (nSPS) is 10.4. The summed E-state index contributed by atoms with van der Waals surface area (Å²) in [6, 6.07) is 12.6. The number of nitrogens with zero attached hydrogens (tertiary/aromatic N) is 4. The number of hydrogen-bond donors (Lipinski definition) is 2. The molecule has 122 valence electrons. The predicted molar refractivity (Wildman–Crippen MR) is 91.2 cm³/mol. The molecular formula is C16H15ClN6O. The van der Waals surface area contributed by atoms with Gasteiger partial charge in [-0.25, -0.2) is 9.48 Å². The number of urea groups is 1. The molecule has 0 atom stereocenters. The number of hydrogen-bond acceptors (Lipinski definition) is 4. The van der Waals surface area contributed by atoms with Gasteiger partial charge in [0.15, 0.2) is 0 Å². The molecule has 3 aromatic rings. The third-order valence-electron chi connectivity index (χ3n) is 3.48. The maximum absolute atomic E-state index is 12.1. The number of halogens is 1. The molecule has 0 aliphatic rings. The van der Waals surface area contributed by atoms with Gasteiger partial charge in [-0.3, -0.25) is 0 Å². The molecular weight excluding hydrogens is 328 g/mol. The first-order valence-corrected chi connectivity index (χ1v) is 7.63. The van der Waals surface area contributed by atoms with Crippen LogP contribution in [0.4, 0.5) is 10.5 Å². The van der Waals surface area contributed by atoms with Crippen molar-refractivity contribution in [2.24, 2.45) is 0 Å². The van der Waals surface area contributed by atoms with E-state index in [1.807, 2.05) is 37.3 Å². The lowest BCUT2D eigenvalue weighted by Crippen LogP contribution is -2.28. The van der Waals surface area contributed by atoms with Gasteiger partial charge in [0.05, 0.1) is 5.69 Å². The van der Waals surface area contributed by atoms with Gasteiger partial charge in [0.1, 0.15) is 6.33 Å². The summed E-state index contributed by atoms with van der Waals surface area (Å²) < 4.78 is 1.52. The molecule has 0 saturated heterocycles. The third kappa shape index (κ3) is 3.69. The maximum atomic E-state index is 12.1. The SMILES string of the molecule is Cc1ccc(-n2cnnn2)cc1NC(=O)NCc1ccccc1Cl. The molecule has 3 rings (SSSR count). The van der Waals surface area contributed by atoms with E-state index in [4.69, 9.17) is 11.6 Å². The summed E-state index contributed by atoms with van der Waals surface area (Å²) in [6.07, 6.45) is 1.49. The van der Waals surface area contributed by atoms with Crippen molar-refractivity contribution in [2.45, 2.75) is 13.5 Å². The zero-order chi connectivity index (χ0) is 16.9. The molecule has 0 aliphatic carbocycles. The Kier molecular flexibility index (Phi) is 4.72. The fourth-order valence-electron chi connectivity index (χ4n) is 2.15. The first-order chi connectivity index (χ1) is 11.6. The number of aryl methyl sites for hydroxylation is 1. The first kappa shape index (κ1) is 15.9. The van der Waals surface area contributed by atoms with Crippen LogP contribution in [0.5, 0.6) is 0 Å². The number of anilines is 1. The highest BCUT2D eigenvalue weighted by Gasteiger charge is 2.08. The number of amides is 2. The van der Waals surface area contributed by atoms with Crippen molar-refractivity contribution in [3.8, 4) is 5.69 Å². The van der Waals surface area contributed by atoms with Crippen molar-refractivity contribution in [1.82, 2.24) is 25.5 Å². The standard InChI is InChI=1S/C16H15ClN6O/c1-11-6-7-13(23-10-19-21-22-23)8-15(11)20-16(24)18-9-12-4-2-3-5-14(12)17/h2-8,10H,9H2,1H3,(H2,18,20,24). The number of benzene rings is 2. The summed E-state index contributed by atoms with van der Waals surface area (Å²) in [5.41, 5.74) is 3.22. The molecule has 7 nitrogen and oxygen atoms in total. The zero-order valence-corrected chi connectivity index (χ0v) is 13.7. The van der Waals surface area contributed by atoms with Gasteiger partial charge in [-0.15, -0.1) is 5.10 Å². The van der Waals surface area contributed by atoms with Gasteiger partial charge < -0.3 is 10.6 Å². The van der Waals surface area contributed by atoms with Crippen LogP contribution in [0.3, 0.4) is 0 Å². The van der Waals surface area contributed by atoms with Crippen LogP contribution in [-0.2, 0) is 6.54 Å². The molecule has 1 aromatic heterocycles. The van der Waals surface area contributed by atoms with Gasteiger partial charge in [-0.1, -0.05) is 35.9 Å². The molecule has 0 bridgehead atoms. The molecule has 0 fully saturated rings. The van der Waals surface area contributed by atoms with Crippen LogP contribution in [0.25, 0.3) is 5.69 Å². The fraction of sp³-hybridized carbons (Fsp3) is 0.125. The zero-order valence-electron chi connectivity index (χ0n) is 12.9. The van der Waals surface area contributed by atoms with Crippen molar-refractivity contribution >= 4 is 23.3 Å².